The maximum atomic E-state index is 13.9. The van der Waals surface area contributed by atoms with E-state index in [0.717, 1.165) is 25.7 Å². The molecule has 2 amide bonds. The highest BCUT2D eigenvalue weighted by Crippen LogP contribution is 2.29. The van der Waals surface area contributed by atoms with Gasteiger partial charge in [0.15, 0.2) is 11.8 Å². The number of amides is 2. The molecule has 0 bridgehead atoms. The summed E-state index contributed by atoms with van der Waals surface area (Å²) in [5.74, 6) is 1.74. The molecule has 4 aromatic rings. The van der Waals surface area contributed by atoms with Crippen LogP contribution in [0, 0.1) is 13.8 Å². The number of benzene rings is 1. The highest BCUT2D eigenvalue weighted by Gasteiger charge is 2.36. The monoisotopic (exact) mass is 536 g/mol. The minimum atomic E-state index is -1.01. The zero-order valence-electron chi connectivity index (χ0n) is 21.3. The first-order valence-corrected chi connectivity index (χ1v) is 13.0. The van der Waals surface area contributed by atoms with Crippen LogP contribution in [-0.2, 0) is 22.7 Å². The summed E-state index contributed by atoms with van der Waals surface area (Å²) in [4.78, 5) is 30.2. The van der Waals surface area contributed by atoms with E-state index < -0.39 is 11.9 Å². The van der Waals surface area contributed by atoms with Gasteiger partial charge in [0.2, 0.25) is 11.7 Å². The first kappa shape index (κ1) is 25.7. The third kappa shape index (κ3) is 5.80. The second-order valence-electron chi connectivity index (χ2n) is 9.51. The summed E-state index contributed by atoms with van der Waals surface area (Å²) in [5, 5.41) is 16.0. The predicted molar refractivity (Wildman–Crippen MR) is 139 cm³/mol. The molecule has 3 heterocycles. The Kier molecular flexibility index (Phi) is 7.59. The number of aryl methyl sites for hydroxylation is 2. The average molecular weight is 537 g/mol. The van der Waals surface area contributed by atoms with Crippen LogP contribution < -0.4 is 5.32 Å². The minimum Gasteiger partial charge on any atom is -0.464 e. The quantitative estimate of drug-likeness (QED) is 0.331. The Morgan fingerprint density at radius 1 is 1.08 bits per heavy atom. The number of furan rings is 2. The van der Waals surface area contributed by atoms with Gasteiger partial charge in [-0.2, -0.15) is 4.80 Å². The van der Waals surface area contributed by atoms with Gasteiger partial charge in [0.1, 0.15) is 23.8 Å². The number of carbonyl (C=O) groups is 2. The van der Waals surface area contributed by atoms with E-state index >= 15 is 0 Å². The summed E-state index contributed by atoms with van der Waals surface area (Å²) in [6.07, 6.45) is 3.94. The molecule has 1 aromatic carbocycles. The van der Waals surface area contributed by atoms with Crippen molar-refractivity contribution in [2.45, 2.75) is 64.7 Å². The third-order valence-electron chi connectivity index (χ3n) is 6.60. The number of tetrazole rings is 1. The lowest BCUT2D eigenvalue weighted by atomic mass is 10.1. The van der Waals surface area contributed by atoms with Gasteiger partial charge in [0.05, 0.1) is 0 Å². The molecule has 1 aliphatic rings. The molecule has 1 fully saturated rings. The second kappa shape index (κ2) is 11.2. The zero-order valence-corrected chi connectivity index (χ0v) is 22.0. The number of hydrogen-bond acceptors (Lipinski definition) is 7. The van der Waals surface area contributed by atoms with E-state index in [2.05, 4.69) is 20.7 Å². The summed E-state index contributed by atoms with van der Waals surface area (Å²) in [6, 6.07) is 13.3. The van der Waals surface area contributed by atoms with Gasteiger partial charge in [-0.05, 0) is 67.8 Å². The van der Waals surface area contributed by atoms with Crippen LogP contribution in [0.25, 0.3) is 11.6 Å². The molecule has 0 spiro atoms. The Morgan fingerprint density at radius 3 is 2.50 bits per heavy atom. The van der Waals surface area contributed by atoms with Crippen molar-refractivity contribution in [1.82, 2.24) is 30.4 Å². The Balaban J connectivity index is 1.47. The Hall–Kier alpha value is -3.92. The van der Waals surface area contributed by atoms with E-state index in [0.29, 0.717) is 33.6 Å². The van der Waals surface area contributed by atoms with Crippen LogP contribution in [-0.4, -0.2) is 43.0 Å². The van der Waals surface area contributed by atoms with E-state index in [1.165, 1.54) is 9.70 Å². The van der Waals surface area contributed by atoms with Crippen molar-refractivity contribution >= 4 is 23.4 Å². The first-order valence-electron chi connectivity index (χ1n) is 12.6. The van der Waals surface area contributed by atoms with E-state index in [-0.39, 0.29) is 30.9 Å². The lowest BCUT2D eigenvalue weighted by Gasteiger charge is -2.31. The number of hydrogen-bond donors (Lipinski definition) is 1. The molecule has 3 aromatic heterocycles. The summed E-state index contributed by atoms with van der Waals surface area (Å²) >= 11 is 6.47. The lowest BCUT2D eigenvalue weighted by molar-refractivity contribution is -0.143. The van der Waals surface area contributed by atoms with Crippen molar-refractivity contribution < 1.29 is 18.4 Å². The Morgan fingerprint density at radius 2 is 1.82 bits per heavy atom. The molecule has 0 radical (unpaired) electrons. The van der Waals surface area contributed by atoms with Crippen molar-refractivity contribution in [2.75, 3.05) is 0 Å². The maximum Gasteiger partial charge on any atom is 0.250 e. The van der Waals surface area contributed by atoms with Crippen LogP contribution in [0.2, 0.25) is 5.02 Å². The van der Waals surface area contributed by atoms with Gasteiger partial charge in [-0.15, -0.1) is 10.2 Å². The van der Waals surface area contributed by atoms with Crippen molar-refractivity contribution in [1.29, 1.82) is 0 Å². The van der Waals surface area contributed by atoms with Crippen molar-refractivity contribution in [3.8, 4) is 11.6 Å². The number of rotatable bonds is 9. The topological polar surface area (TPSA) is 119 Å². The van der Waals surface area contributed by atoms with Crippen molar-refractivity contribution in [2.24, 2.45) is 0 Å². The summed E-state index contributed by atoms with van der Waals surface area (Å²) in [6.45, 7) is 3.45. The molecule has 198 valence electrons. The summed E-state index contributed by atoms with van der Waals surface area (Å²) in [5.41, 5.74) is 0.697. The normalized spacial score (nSPS) is 14.5. The summed E-state index contributed by atoms with van der Waals surface area (Å²) in [7, 11) is 0. The SMILES string of the molecule is Cc1ccc(-c2nnn(CC(=O)N(Cc3ccccc3Cl)[C@H](C(=O)NC3CCCC3)c3ccc(C)o3)n2)o1. The molecule has 0 unspecified atom stereocenters. The van der Waals surface area contributed by atoms with Crippen LogP contribution in [0.1, 0.15) is 54.6 Å². The number of aromatic nitrogens is 4. The van der Waals surface area contributed by atoms with Crippen LogP contribution in [0.15, 0.2) is 57.4 Å². The van der Waals surface area contributed by atoms with Crippen molar-refractivity contribution in [3.63, 3.8) is 0 Å². The number of nitrogens with one attached hydrogen (secondary N) is 1. The molecule has 5 rings (SSSR count). The van der Waals surface area contributed by atoms with Gasteiger partial charge >= 0.3 is 0 Å². The third-order valence-corrected chi connectivity index (χ3v) is 6.97. The molecular weight excluding hydrogens is 508 g/mol. The number of nitrogens with zero attached hydrogens (tertiary/aromatic N) is 5. The zero-order chi connectivity index (χ0) is 26.6. The van der Waals surface area contributed by atoms with Crippen LogP contribution >= 0.6 is 11.6 Å². The molecule has 1 aliphatic carbocycles. The predicted octanol–water partition coefficient (Wildman–Crippen LogP) is 4.63. The van der Waals surface area contributed by atoms with Crippen molar-refractivity contribution in [3.05, 3.63) is 76.4 Å². The fourth-order valence-corrected chi connectivity index (χ4v) is 4.88. The Bertz CT molecular complexity index is 1420. The van der Waals surface area contributed by atoms with Gasteiger partial charge in [-0.3, -0.25) is 9.59 Å². The van der Waals surface area contributed by atoms with E-state index in [4.69, 9.17) is 20.4 Å². The number of halogens is 1. The second-order valence-corrected chi connectivity index (χ2v) is 9.91. The molecule has 0 aliphatic heterocycles. The smallest absolute Gasteiger partial charge is 0.250 e. The highest BCUT2D eigenvalue weighted by atomic mass is 35.5. The molecule has 38 heavy (non-hydrogen) atoms. The number of carbonyl (C=O) groups excluding carboxylic acids is 2. The molecular formula is C27H29ClN6O4. The van der Waals surface area contributed by atoms with Crippen LogP contribution in [0.3, 0.4) is 0 Å². The largest absolute Gasteiger partial charge is 0.464 e. The first-order chi connectivity index (χ1) is 18.4. The van der Waals surface area contributed by atoms with Gasteiger partial charge in [0.25, 0.3) is 5.91 Å². The standard InChI is InChI=1S/C27H29ClN6O4/c1-17-11-13-22(37-17)25(27(36)29-20-8-4-5-9-20)33(15-19-7-3-6-10-21(19)28)24(35)16-34-31-26(30-32-34)23-14-12-18(2)38-23/h3,6-7,10-14,20,25H,4-5,8-9,15-16H2,1-2H3,(H,29,36)/t25-/m0/s1. The van der Waals surface area contributed by atoms with Gasteiger partial charge < -0.3 is 19.1 Å². The molecule has 1 saturated carbocycles. The maximum absolute atomic E-state index is 13.9. The van der Waals surface area contributed by atoms with E-state index in [1.54, 1.807) is 37.3 Å². The van der Waals surface area contributed by atoms with Crippen LogP contribution in [0.4, 0.5) is 0 Å². The highest BCUT2D eigenvalue weighted by molar-refractivity contribution is 6.31. The fourth-order valence-electron chi connectivity index (χ4n) is 4.68. The lowest BCUT2D eigenvalue weighted by Crippen LogP contribution is -2.46. The molecule has 1 atom stereocenters. The molecule has 1 N–H and O–H groups in total. The van der Waals surface area contributed by atoms with Crippen LogP contribution in [0.5, 0.6) is 0 Å². The van der Waals surface area contributed by atoms with Gasteiger partial charge in [-0.25, -0.2) is 0 Å². The van der Waals surface area contributed by atoms with Gasteiger partial charge in [0, 0.05) is 17.6 Å². The molecule has 0 saturated heterocycles. The van der Waals surface area contributed by atoms with Gasteiger partial charge in [-0.1, -0.05) is 42.6 Å². The summed E-state index contributed by atoms with van der Waals surface area (Å²) < 4.78 is 11.5. The molecule has 10 nitrogen and oxygen atoms in total. The van der Waals surface area contributed by atoms with E-state index in [9.17, 15) is 9.59 Å². The van der Waals surface area contributed by atoms with E-state index in [1.807, 2.05) is 25.1 Å². The fraction of sp³-hybridized carbons (Fsp3) is 0.370. The molecule has 11 heteroatoms. The Labute approximate surface area is 224 Å². The average Bonchev–Trinajstić information content (AvgIpc) is 3.69. The minimum absolute atomic E-state index is 0.0645.